The number of sulfonamides is 1. The van der Waals surface area contributed by atoms with Gasteiger partial charge in [0.2, 0.25) is 10.0 Å². The number of hydrogen-bond donors (Lipinski definition) is 2. The largest absolute Gasteiger partial charge is 0.478 e. The molecule has 7 nitrogen and oxygen atoms in total. The van der Waals surface area contributed by atoms with Crippen LogP contribution < -0.4 is 4.72 Å². The van der Waals surface area contributed by atoms with Gasteiger partial charge in [-0.3, -0.25) is 4.72 Å². The molecule has 0 saturated carbocycles. The second-order valence-corrected chi connectivity index (χ2v) is 6.28. The van der Waals surface area contributed by atoms with Crippen molar-refractivity contribution in [3.8, 4) is 6.07 Å². The van der Waals surface area contributed by atoms with Crippen LogP contribution in [-0.4, -0.2) is 30.2 Å². The van der Waals surface area contributed by atoms with Gasteiger partial charge in [0, 0.05) is 0 Å². The molecule has 2 N–H and O–H groups in total. The first-order chi connectivity index (χ1) is 8.91. The number of benzene rings is 1. The maximum Gasteiger partial charge on any atom is 0.335 e. The summed E-state index contributed by atoms with van der Waals surface area (Å²) in [5, 5.41) is 17.3. The summed E-state index contributed by atoms with van der Waals surface area (Å²) in [4.78, 5) is 14.8. The van der Waals surface area contributed by atoms with Gasteiger partial charge in [0.25, 0.3) is 0 Å². The fraction of sp³-hybridized carbons (Fsp3) is 0.100. The summed E-state index contributed by atoms with van der Waals surface area (Å²) in [5.41, 5.74) is 0.590. The Morgan fingerprint density at radius 3 is 2.89 bits per heavy atom. The highest BCUT2D eigenvalue weighted by Gasteiger charge is 2.14. The number of carboxylic acid groups (broad SMARTS) is 1. The molecule has 0 aliphatic rings. The second kappa shape index (κ2) is 4.83. The van der Waals surface area contributed by atoms with Crippen molar-refractivity contribution in [2.75, 3.05) is 10.5 Å². The molecule has 0 spiro atoms. The lowest BCUT2D eigenvalue weighted by atomic mass is 10.2. The summed E-state index contributed by atoms with van der Waals surface area (Å²) in [7, 11) is -3.74. The minimum atomic E-state index is -3.74. The van der Waals surface area contributed by atoms with E-state index in [4.69, 9.17) is 10.4 Å². The van der Waals surface area contributed by atoms with Gasteiger partial charge in [-0.05, 0) is 18.2 Å². The molecule has 0 radical (unpaired) electrons. The molecule has 0 fully saturated rings. The Labute approximate surface area is 112 Å². The van der Waals surface area contributed by atoms with Crippen LogP contribution in [0.4, 0.5) is 5.13 Å². The molecular formula is C10H7N3O4S2. The number of aromatic carboxylic acids is 1. The Morgan fingerprint density at radius 1 is 1.53 bits per heavy atom. The standard InChI is InChI=1S/C10H7N3O4S2/c11-3-4-19(16,17)13-10-12-7-2-1-6(9(14)15)5-8(7)18-10/h1-2,5H,4H2,(H,12,13)(H,14,15). The second-order valence-electron chi connectivity index (χ2n) is 3.53. The number of hydrogen-bond acceptors (Lipinski definition) is 6. The van der Waals surface area contributed by atoms with Crippen molar-refractivity contribution in [2.45, 2.75) is 0 Å². The normalized spacial score (nSPS) is 11.1. The Morgan fingerprint density at radius 2 is 2.26 bits per heavy atom. The number of nitrogens with one attached hydrogen (secondary N) is 1. The fourth-order valence-corrected chi connectivity index (χ4v) is 3.21. The number of thiazole rings is 1. The molecule has 0 aliphatic heterocycles. The van der Waals surface area contributed by atoms with Gasteiger partial charge in [-0.1, -0.05) is 11.3 Å². The number of nitriles is 1. The maximum atomic E-state index is 11.4. The van der Waals surface area contributed by atoms with Crippen molar-refractivity contribution in [1.82, 2.24) is 4.98 Å². The van der Waals surface area contributed by atoms with Crippen LogP contribution in [0.1, 0.15) is 10.4 Å². The highest BCUT2D eigenvalue weighted by molar-refractivity contribution is 7.93. The zero-order valence-corrected chi connectivity index (χ0v) is 11.0. The summed E-state index contributed by atoms with van der Waals surface area (Å²) in [6, 6.07) is 5.83. The van der Waals surface area contributed by atoms with E-state index in [9.17, 15) is 13.2 Å². The first kappa shape index (κ1) is 13.3. The number of aromatic nitrogens is 1. The lowest BCUT2D eigenvalue weighted by molar-refractivity contribution is 0.0697. The first-order valence-electron chi connectivity index (χ1n) is 4.92. The van der Waals surface area contributed by atoms with Gasteiger partial charge in [-0.15, -0.1) is 0 Å². The average Bonchev–Trinajstić information content (AvgIpc) is 2.68. The van der Waals surface area contributed by atoms with Crippen molar-refractivity contribution in [1.29, 1.82) is 5.26 Å². The molecule has 1 heterocycles. The van der Waals surface area contributed by atoms with Gasteiger partial charge in [-0.25, -0.2) is 18.2 Å². The SMILES string of the molecule is N#CCS(=O)(=O)Nc1nc2ccc(C(=O)O)cc2s1. The van der Waals surface area contributed by atoms with Crippen LogP contribution in [-0.2, 0) is 10.0 Å². The predicted octanol–water partition coefficient (Wildman–Crippen LogP) is 1.26. The number of nitrogens with zero attached hydrogens (tertiary/aromatic N) is 2. The number of fused-ring (bicyclic) bond motifs is 1. The summed E-state index contributed by atoms with van der Waals surface area (Å²) in [5.74, 6) is -1.73. The van der Waals surface area contributed by atoms with Gasteiger partial charge in [-0.2, -0.15) is 5.26 Å². The molecular weight excluding hydrogens is 290 g/mol. The number of rotatable bonds is 4. The zero-order valence-electron chi connectivity index (χ0n) is 9.32. The van der Waals surface area contributed by atoms with E-state index in [2.05, 4.69) is 9.71 Å². The molecule has 1 aromatic carbocycles. The van der Waals surface area contributed by atoms with Crippen LogP contribution in [0.3, 0.4) is 0 Å². The highest BCUT2D eigenvalue weighted by atomic mass is 32.2. The third kappa shape index (κ3) is 2.98. The van der Waals surface area contributed by atoms with Crippen molar-refractivity contribution in [3.63, 3.8) is 0 Å². The van der Waals surface area contributed by atoms with Crippen LogP contribution in [0.25, 0.3) is 10.2 Å². The lowest BCUT2D eigenvalue weighted by Gasteiger charge is -1.98. The fourth-order valence-electron chi connectivity index (χ4n) is 1.36. The molecule has 0 bridgehead atoms. The van der Waals surface area contributed by atoms with E-state index in [-0.39, 0.29) is 10.7 Å². The van der Waals surface area contributed by atoms with Crippen molar-refractivity contribution in [3.05, 3.63) is 23.8 Å². The van der Waals surface area contributed by atoms with E-state index < -0.39 is 21.7 Å². The van der Waals surface area contributed by atoms with Crippen molar-refractivity contribution >= 4 is 42.7 Å². The minimum Gasteiger partial charge on any atom is -0.478 e. The van der Waals surface area contributed by atoms with E-state index in [1.54, 1.807) is 0 Å². The molecule has 2 aromatic rings. The molecule has 0 saturated heterocycles. The van der Waals surface area contributed by atoms with E-state index >= 15 is 0 Å². The van der Waals surface area contributed by atoms with Gasteiger partial charge in [0.15, 0.2) is 10.9 Å². The summed E-state index contributed by atoms with van der Waals surface area (Å²) < 4.78 is 25.5. The third-order valence-corrected chi connectivity index (χ3v) is 4.21. The van der Waals surface area contributed by atoms with Gasteiger partial charge in [0.05, 0.1) is 21.8 Å². The van der Waals surface area contributed by atoms with E-state index in [1.807, 2.05) is 0 Å². The maximum absolute atomic E-state index is 11.4. The van der Waals surface area contributed by atoms with Crippen molar-refractivity contribution in [2.24, 2.45) is 0 Å². The number of carboxylic acids is 1. The van der Waals surface area contributed by atoms with E-state index in [1.165, 1.54) is 24.3 Å². The molecule has 1 aromatic heterocycles. The molecule has 0 aliphatic carbocycles. The third-order valence-electron chi connectivity index (χ3n) is 2.13. The Balaban J connectivity index is 2.37. The number of anilines is 1. The van der Waals surface area contributed by atoms with Crippen LogP contribution in [0, 0.1) is 11.3 Å². The molecule has 19 heavy (non-hydrogen) atoms. The lowest BCUT2D eigenvalue weighted by Crippen LogP contribution is -2.15. The Hall–Kier alpha value is -2.18. The monoisotopic (exact) mass is 297 g/mol. The van der Waals surface area contributed by atoms with Crippen LogP contribution in [0.15, 0.2) is 18.2 Å². The van der Waals surface area contributed by atoms with Crippen molar-refractivity contribution < 1.29 is 18.3 Å². The van der Waals surface area contributed by atoms with Crippen LogP contribution in [0.5, 0.6) is 0 Å². The molecule has 0 unspecified atom stereocenters. The van der Waals surface area contributed by atoms with Crippen LogP contribution in [0.2, 0.25) is 0 Å². The Bertz CT molecular complexity index is 789. The molecule has 9 heteroatoms. The minimum absolute atomic E-state index is 0.0996. The topological polar surface area (TPSA) is 120 Å². The smallest absolute Gasteiger partial charge is 0.335 e. The van der Waals surface area contributed by atoms with E-state index in [0.717, 1.165) is 11.3 Å². The summed E-state index contributed by atoms with van der Waals surface area (Å²) >= 11 is 1.01. The van der Waals surface area contributed by atoms with Crippen LogP contribution >= 0.6 is 11.3 Å². The summed E-state index contributed by atoms with van der Waals surface area (Å²) in [6.45, 7) is 0. The quantitative estimate of drug-likeness (QED) is 0.876. The molecule has 98 valence electrons. The highest BCUT2D eigenvalue weighted by Crippen LogP contribution is 2.27. The molecule has 0 atom stereocenters. The van der Waals surface area contributed by atoms with Gasteiger partial charge >= 0.3 is 5.97 Å². The molecule has 0 amide bonds. The zero-order chi connectivity index (χ0) is 14.0. The summed E-state index contributed by atoms with van der Waals surface area (Å²) in [6.07, 6.45) is 0. The number of carbonyl (C=O) groups is 1. The first-order valence-corrected chi connectivity index (χ1v) is 7.39. The average molecular weight is 297 g/mol. The predicted molar refractivity (Wildman–Crippen MR) is 69.6 cm³/mol. The van der Waals surface area contributed by atoms with Gasteiger partial charge < -0.3 is 5.11 Å². The van der Waals surface area contributed by atoms with E-state index in [0.29, 0.717) is 10.2 Å². The molecule has 2 rings (SSSR count). The Kier molecular flexibility index (Phi) is 3.37. The van der Waals surface area contributed by atoms with Gasteiger partial charge in [0.1, 0.15) is 0 Å².